The first-order chi connectivity index (χ1) is 21.3. The molecule has 1 heterocycles. The molecule has 0 bridgehead atoms. The van der Waals surface area contributed by atoms with E-state index >= 15 is 0 Å². The first-order valence-electron chi connectivity index (χ1n) is 14.6. The number of carbonyl (C=O) groups excluding carboxylic acids is 3. The second kappa shape index (κ2) is 24.5. The number of methoxy groups -OCH3 is 1. The van der Waals surface area contributed by atoms with Gasteiger partial charge in [0.2, 0.25) is 6.41 Å². The van der Waals surface area contributed by atoms with Crippen LogP contribution in [-0.4, -0.2) is 128 Å². The Morgan fingerprint density at radius 1 is 0.909 bits per heavy atom. The fourth-order valence-corrected chi connectivity index (χ4v) is 4.43. The molecule has 246 valence electrons. The zero-order valence-corrected chi connectivity index (χ0v) is 27.9. The van der Waals surface area contributed by atoms with Crippen molar-refractivity contribution in [3.05, 3.63) is 52.5 Å². The van der Waals surface area contributed by atoms with Crippen LogP contribution in [0.15, 0.2) is 42.5 Å². The summed E-state index contributed by atoms with van der Waals surface area (Å²) in [5.41, 5.74) is 0.571. The minimum absolute atomic E-state index is 0.0655. The predicted molar refractivity (Wildman–Crippen MR) is 178 cm³/mol. The first kappa shape index (κ1) is 39.3. The van der Waals surface area contributed by atoms with Crippen molar-refractivity contribution in [1.29, 1.82) is 0 Å². The Hall–Kier alpha value is -2.77. The van der Waals surface area contributed by atoms with Gasteiger partial charge in [0.1, 0.15) is 18.3 Å². The fraction of sp³-hybridized carbons (Fsp3) is 0.516. The van der Waals surface area contributed by atoms with Crippen LogP contribution in [0.5, 0.6) is 11.5 Å². The van der Waals surface area contributed by atoms with Gasteiger partial charge in [-0.05, 0) is 75.4 Å². The van der Waals surface area contributed by atoms with E-state index in [9.17, 15) is 14.4 Å². The molecule has 1 fully saturated rings. The van der Waals surface area contributed by atoms with Crippen LogP contribution in [0.4, 0.5) is 5.69 Å². The van der Waals surface area contributed by atoms with Crippen LogP contribution in [-0.2, 0) is 19.1 Å². The van der Waals surface area contributed by atoms with E-state index in [1.54, 1.807) is 54.5 Å². The van der Waals surface area contributed by atoms with Gasteiger partial charge in [0.15, 0.2) is 5.75 Å². The maximum atomic E-state index is 10.8. The van der Waals surface area contributed by atoms with Crippen LogP contribution in [0.2, 0.25) is 10.0 Å². The Labute approximate surface area is 272 Å². The maximum Gasteiger partial charge on any atom is 0.207 e. The number of anilines is 1. The molecular weight excluding hydrogens is 607 g/mol. The molecule has 0 atom stereocenters. The van der Waals surface area contributed by atoms with E-state index in [2.05, 4.69) is 20.5 Å². The number of ether oxygens (including phenoxy) is 2. The van der Waals surface area contributed by atoms with E-state index in [4.69, 9.17) is 32.7 Å². The number of hydrogen-bond donors (Lipinski definition) is 2. The monoisotopic (exact) mass is 654 g/mol. The first-order valence-corrected chi connectivity index (χ1v) is 15.3. The van der Waals surface area contributed by atoms with Crippen LogP contribution in [0, 0.1) is 0 Å². The smallest absolute Gasteiger partial charge is 0.207 e. The van der Waals surface area contributed by atoms with E-state index in [-0.39, 0.29) is 13.1 Å². The summed E-state index contributed by atoms with van der Waals surface area (Å²) in [5, 5.41) is 11.0. The summed E-state index contributed by atoms with van der Waals surface area (Å²) >= 11 is 11.8. The number of amides is 1. The molecule has 0 aliphatic carbocycles. The summed E-state index contributed by atoms with van der Waals surface area (Å²) in [6, 6.07) is 11.9. The molecule has 0 aromatic heterocycles. The minimum atomic E-state index is 0.0655. The van der Waals surface area contributed by atoms with E-state index < -0.39 is 0 Å². The SMILES string of the molecule is CNCCN1CCCC1.COCCN(CCNC=O)N(C)C.O=CCN(CC=O)c1cc(Cl)ccc1Oc1ccc(Cl)cc1. The van der Waals surface area contributed by atoms with Crippen molar-refractivity contribution in [1.82, 2.24) is 25.6 Å². The third kappa shape index (κ3) is 16.9. The van der Waals surface area contributed by atoms with Gasteiger partial charge in [-0.15, -0.1) is 0 Å². The van der Waals surface area contributed by atoms with Gasteiger partial charge in [0, 0.05) is 64.0 Å². The highest BCUT2D eigenvalue weighted by molar-refractivity contribution is 6.31. The molecule has 1 amide bonds. The van der Waals surface area contributed by atoms with E-state index in [0.717, 1.165) is 32.2 Å². The lowest BCUT2D eigenvalue weighted by atomic mass is 10.2. The number of benzene rings is 2. The standard InChI is InChI=1S/C16H13Cl2NO3.C8H19N3O2.C7H16N2/c17-12-1-4-14(5-2-12)22-16-6-3-13(18)11-15(16)19(7-9-20)8-10-21;1-10(2)11(6-7-13-3)5-4-9-8-12;1-8-4-7-9-5-2-3-6-9/h1-6,9-11H,7-8H2;8H,4-7H2,1-3H3,(H,9,12);8H,2-7H2,1H3. The Bertz CT molecular complexity index is 1050. The highest BCUT2D eigenvalue weighted by atomic mass is 35.5. The average Bonchev–Trinajstić information content (AvgIpc) is 3.54. The molecule has 11 nitrogen and oxygen atoms in total. The molecule has 2 N–H and O–H groups in total. The number of likely N-dealkylation sites (tertiary alicyclic amines) is 1. The third-order valence-corrected chi connectivity index (χ3v) is 6.97. The van der Waals surface area contributed by atoms with Gasteiger partial charge in [-0.25, -0.2) is 10.0 Å². The number of nitrogens with zero attached hydrogens (tertiary/aromatic N) is 4. The van der Waals surface area contributed by atoms with Gasteiger partial charge in [-0.3, -0.25) is 4.79 Å². The zero-order valence-electron chi connectivity index (χ0n) is 26.3. The van der Waals surface area contributed by atoms with E-state index in [1.165, 1.54) is 32.5 Å². The molecule has 1 aliphatic rings. The molecule has 3 rings (SSSR count). The molecule has 0 spiro atoms. The lowest BCUT2D eigenvalue weighted by molar-refractivity contribution is -0.110. The van der Waals surface area contributed by atoms with Crippen LogP contribution in [0.25, 0.3) is 0 Å². The maximum absolute atomic E-state index is 10.8. The summed E-state index contributed by atoms with van der Waals surface area (Å²) in [7, 11) is 7.63. The second-order valence-electron chi connectivity index (χ2n) is 9.92. The summed E-state index contributed by atoms with van der Waals surface area (Å²) in [6.45, 7) is 8.13. The number of nitrogens with one attached hydrogen (secondary N) is 2. The third-order valence-electron chi connectivity index (χ3n) is 6.49. The average molecular weight is 656 g/mol. The van der Waals surface area contributed by atoms with Crippen LogP contribution in [0.3, 0.4) is 0 Å². The van der Waals surface area contributed by atoms with E-state index in [0.29, 0.717) is 46.8 Å². The molecular formula is C31H48Cl2N6O5. The number of carbonyl (C=O) groups is 3. The number of rotatable bonds is 18. The molecule has 2 aromatic rings. The molecule has 44 heavy (non-hydrogen) atoms. The Balaban J connectivity index is 0.000000372. The van der Waals surface area contributed by atoms with Crippen molar-refractivity contribution >= 4 is 47.9 Å². The molecule has 1 aliphatic heterocycles. The number of aldehydes is 2. The topological polar surface area (TPSA) is 107 Å². The quantitative estimate of drug-likeness (QED) is 0.141. The van der Waals surface area contributed by atoms with Crippen molar-refractivity contribution in [3.8, 4) is 11.5 Å². The second-order valence-corrected chi connectivity index (χ2v) is 10.8. The summed E-state index contributed by atoms with van der Waals surface area (Å²) in [5.74, 6) is 1.08. The molecule has 13 heteroatoms. The van der Waals surface area contributed by atoms with Crippen molar-refractivity contribution in [2.75, 3.05) is 98.7 Å². The highest BCUT2D eigenvalue weighted by Crippen LogP contribution is 2.34. The number of hydrazine groups is 1. The molecule has 0 radical (unpaired) electrons. The van der Waals surface area contributed by atoms with E-state index in [1.807, 2.05) is 26.2 Å². The van der Waals surface area contributed by atoms with Crippen LogP contribution >= 0.6 is 23.2 Å². The lowest BCUT2D eigenvalue weighted by Gasteiger charge is -2.28. The zero-order chi connectivity index (χ0) is 32.6. The predicted octanol–water partition coefficient (Wildman–Crippen LogP) is 3.45. The van der Waals surface area contributed by atoms with Gasteiger partial charge < -0.3 is 39.5 Å². The van der Waals surface area contributed by atoms with Crippen molar-refractivity contribution < 1.29 is 23.9 Å². The lowest BCUT2D eigenvalue weighted by Crippen LogP contribution is -2.42. The number of halogens is 2. The van der Waals surface area contributed by atoms with Crippen molar-refractivity contribution in [3.63, 3.8) is 0 Å². The molecule has 0 saturated carbocycles. The van der Waals surface area contributed by atoms with Gasteiger partial charge in [0.25, 0.3) is 0 Å². The van der Waals surface area contributed by atoms with Crippen LogP contribution in [0.1, 0.15) is 12.8 Å². The molecule has 1 saturated heterocycles. The largest absolute Gasteiger partial charge is 0.455 e. The van der Waals surface area contributed by atoms with Crippen molar-refractivity contribution in [2.45, 2.75) is 12.8 Å². The van der Waals surface area contributed by atoms with Gasteiger partial charge in [-0.1, -0.05) is 23.2 Å². The summed E-state index contributed by atoms with van der Waals surface area (Å²) < 4.78 is 10.8. The Kier molecular flexibility index (Phi) is 21.9. The fourth-order valence-electron chi connectivity index (χ4n) is 4.14. The summed E-state index contributed by atoms with van der Waals surface area (Å²) in [6.07, 6.45) is 4.96. The normalized spacial score (nSPS) is 12.5. The number of hydrogen-bond acceptors (Lipinski definition) is 10. The molecule has 2 aromatic carbocycles. The van der Waals surface area contributed by atoms with Gasteiger partial charge in [0.05, 0.1) is 25.4 Å². The summed E-state index contributed by atoms with van der Waals surface area (Å²) in [4.78, 5) is 35.7. The van der Waals surface area contributed by atoms with Crippen molar-refractivity contribution in [2.24, 2.45) is 0 Å². The highest BCUT2D eigenvalue weighted by Gasteiger charge is 2.14. The van der Waals surface area contributed by atoms with Gasteiger partial charge in [-0.2, -0.15) is 0 Å². The minimum Gasteiger partial charge on any atom is -0.455 e. The van der Waals surface area contributed by atoms with Gasteiger partial charge >= 0.3 is 0 Å². The van der Waals surface area contributed by atoms with Crippen LogP contribution < -0.4 is 20.3 Å². The Morgan fingerprint density at radius 2 is 1.55 bits per heavy atom. The molecule has 0 unspecified atom stereocenters. The number of likely N-dealkylation sites (N-methyl/N-ethyl adjacent to an activating group) is 1. The Morgan fingerprint density at radius 3 is 2.09 bits per heavy atom.